The van der Waals surface area contributed by atoms with Crippen LogP contribution in [0.3, 0.4) is 0 Å². The van der Waals surface area contributed by atoms with E-state index >= 15 is 0 Å². The quantitative estimate of drug-likeness (QED) is 0.646. The van der Waals surface area contributed by atoms with Gasteiger partial charge in [-0.15, -0.1) is 0 Å². The van der Waals surface area contributed by atoms with E-state index in [1.807, 2.05) is 36.4 Å². The Morgan fingerprint density at radius 3 is 1.92 bits per heavy atom. The summed E-state index contributed by atoms with van der Waals surface area (Å²) in [7, 11) is 1.73. The van der Waals surface area contributed by atoms with Crippen LogP contribution >= 0.6 is 0 Å². The summed E-state index contributed by atoms with van der Waals surface area (Å²) in [4.78, 5) is 10.9. The van der Waals surface area contributed by atoms with Gasteiger partial charge in [0.1, 0.15) is 5.75 Å². The molecule has 0 aromatic heterocycles. The number of rotatable bonds is 10. The molecule has 4 nitrogen and oxygen atoms in total. The SMILES string of the molecule is COCCCCCCOc1ccc(-c2ccc(C(=O)O)cc2)cc1. The maximum atomic E-state index is 10.9. The predicted octanol–water partition coefficient (Wildman–Crippen LogP) is 4.64. The van der Waals surface area contributed by atoms with Crippen LogP contribution in [0.5, 0.6) is 5.75 Å². The van der Waals surface area contributed by atoms with Gasteiger partial charge in [-0.1, -0.05) is 30.7 Å². The van der Waals surface area contributed by atoms with Crippen LogP contribution in [0.4, 0.5) is 0 Å². The lowest BCUT2D eigenvalue weighted by Gasteiger charge is -2.08. The van der Waals surface area contributed by atoms with Crippen molar-refractivity contribution in [3.63, 3.8) is 0 Å². The van der Waals surface area contributed by atoms with Crippen LogP contribution < -0.4 is 4.74 Å². The Hall–Kier alpha value is -2.33. The zero-order chi connectivity index (χ0) is 17.2. The molecule has 0 radical (unpaired) electrons. The zero-order valence-corrected chi connectivity index (χ0v) is 14.0. The number of carboxylic acid groups (broad SMARTS) is 1. The van der Waals surface area contributed by atoms with Crippen LogP contribution in [0.15, 0.2) is 48.5 Å². The first-order valence-electron chi connectivity index (χ1n) is 8.26. The van der Waals surface area contributed by atoms with Crippen LogP contribution in [0.2, 0.25) is 0 Å². The van der Waals surface area contributed by atoms with Crippen molar-refractivity contribution in [3.05, 3.63) is 54.1 Å². The lowest BCUT2D eigenvalue weighted by Crippen LogP contribution is -1.98. The molecule has 2 rings (SSSR count). The maximum Gasteiger partial charge on any atom is 0.335 e. The Morgan fingerprint density at radius 2 is 1.38 bits per heavy atom. The summed E-state index contributed by atoms with van der Waals surface area (Å²) < 4.78 is 10.8. The normalized spacial score (nSPS) is 10.5. The second kappa shape index (κ2) is 9.73. The lowest BCUT2D eigenvalue weighted by atomic mass is 10.0. The Balaban J connectivity index is 1.79. The van der Waals surface area contributed by atoms with Gasteiger partial charge in [-0.3, -0.25) is 0 Å². The van der Waals surface area contributed by atoms with Gasteiger partial charge in [0.05, 0.1) is 12.2 Å². The molecule has 24 heavy (non-hydrogen) atoms. The van der Waals surface area contributed by atoms with Gasteiger partial charge in [0, 0.05) is 13.7 Å². The zero-order valence-electron chi connectivity index (χ0n) is 14.0. The van der Waals surface area contributed by atoms with Crippen molar-refractivity contribution < 1.29 is 19.4 Å². The highest BCUT2D eigenvalue weighted by Gasteiger charge is 2.03. The second-order valence-corrected chi connectivity index (χ2v) is 5.66. The van der Waals surface area contributed by atoms with E-state index < -0.39 is 5.97 Å². The van der Waals surface area contributed by atoms with Gasteiger partial charge < -0.3 is 14.6 Å². The van der Waals surface area contributed by atoms with E-state index in [2.05, 4.69) is 0 Å². The fraction of sp³-hybridized carbons (Fsp3) is 0.350. The molecule has 0 bridgehead atoms. The average molecular weight is 328 g/mol. The Bertz CT molecular complexity index is 617. The van der Waals surface area contributed by atoms with Crippen molar-refractivity contribution in [2.24, 2.45) is 0 Å². The molecule has 2 aromatic carbocycles. The predicted molar refractivity (Wildman–Crippen MR) is 94.7 cm³/mol. The van der Waals surface area contributed by atoms with Crippen molar-refractivity contribution in [2.45, 2.75) is 25.7 Å². The molecule has 4 heteroatoms. The third kappa shape index (κ3) is 5.70. The van der Waals surface area contributed by atoms with Crippen LogP contribution in [0, 0.1) is 0 Å². The summed E-state index contributed by atoms with van der Waals surface area (Å²) in [6.07, 6.45) is 4.47. The summed E-state index contributed by atoms with van der Waals surface area (Å²) in [5.74, 6) is -0.0506. The maximum absolute atomic E-state index is 10.9. The monoisotopic (exact) mass is 328 g/mol. The van der Waals surface area contributed by atoms with E-state index in [0.717, 1.165) is 49.4 Å². The summed E-state index contributed by atoms with van der Waals surface area (Å²) >= 11 is 0. The molecular weight excluding hydrogens is 304 g/mol. The average Bonchev–Trinajstić information content (AvgIpc) is 2.61. The molecule has 0 saturated carbocycles. The van der Waals surface area contributed by atoms with E-state index in [9.17, 15) is 4.79 Å². The standard InChI is InChI=1S/C20H24O4/c1-23-14-4-2-3-5-15-24-19-12-10-17(11-13-19)16-6-8-18(9-7-16)20(21)22/h6-13H,2-5,14-15H2,1H3,(H,21,22). The smallest absolute Gasteiger partial charge is 0.335 e. The minimum Gasteiger partial charge on any atom is -0.494 e. The molecular formula is C20H24O4. The van der Waals surface area contributed by atoms with Gasteiger partial charge in [0.2, 0.25) is 0 Å². The molecule has 0 spiro atoms. The minimum absolute atomic E-state index is 0.296. The number of benzene rings is 2. The molecule has 0 fully saturated rings. The number of unbranched alkanes of at least 4 members (excludes halogenated alkanes) is 3. The molecule has 0 amide bonds. The fourth-order valence-corrected chi connectivity index (χ4v) is 2.44. The molecule has 128 valence electrons. The van der Waals surface area contributed by atoms with Gasteiger partial charge in [0.15, 0.2) is 0 Å². The Morgan fingerprint density at radius 1 is 0.833 bits per heavy atom. The highest BCUT2D eigenvalue weighted by Crippen LogP contribution is 2.23. The Labute approximate surface area is 143 Å². The van der Waals surface area contributed by atoms with E-state index in [-0.39, 0.29) is 0 Å². The van der Waals surface area contributed by atoms with Crippen molar-refractivity contribution in [2.75, 3.05) is 20.3 Å². The molecule has 0 atom stereocenters. The summed E-state index contributed by atoms with van der Waals surface area (Å²) in [5, 5.41) is 8.92. The lowest BCUT2D eigenvalue weighted by molar-refractivity contribution is 0.0697. The summed E-state index contributed by atoms with van der Waals surface area (Å²) in [6.45, 7) is 1.55. The topological polar surface area (TPSA) is 55.8 Å². The molecule has 0 unspecified atom stereocenters. The molecule has 0 aliphatic heterocycles. The molecule has 0 heterocycles. The molecule has 0 aliphatic rings. The van der Waals surface area contributed by atoms with Crippen molar-refractivity contribution in [3.8, 4) is 16.9 Å². The van der Waals surface area contributed by atoms with Gasteiger partial charge in [0.25, 0.3) is 0 Å². The second-order valence-electron chi connectivity index (χ2n) is 5.66. The minimum atomic E-state index is -0.910. The summed E-state index contributed by atoms with van der Waals surface area (Å²) in [5.41, 5.74) is 2.33. The highest BCUT2D eigenvalue weighted by molar-refractivity contribution is 5.88. The first-order valence-corrected chi connectivity index (χ1v) is 8.26. The van der Waals surface area contributed by atoms with Gasteiger partial charge in [-0.05, 0) is 54.7 Å². The van der Waals surface area contributed by atoms with E-state index in [1.54, 1.807) is 19.2 Å². The first-order chi connectivity index (χ1) is 11.7. The van der Waals surface area contributed by atoms with Crippen LogP contribution in [-0.4, -0.2) is 31.4 Å². The largest absolute Gasteiger partial charge is 0.494 e. The first kappa shape index (κ1) is 18.0. The van der Waals surface area contributed by atoms with E-state index in [4.69, 9.17) is 14.6 Å². The number of carbonyl (C=O) groups is 1. The molecule has 1 N–H and O–H groups in total. The number of methoxy groups -OCH3 is 1. The number of carboxylic acids is 1. The number of hydrogen-bond donors (Lipinski definition) is 1. The highest BCUT2D eigenvalue weighted by atomic mass is 16.5. The van der Waals surface area contributed by atoms with Gasteiger partial charge in [-0.2, -0.15) is 0 Å². The van der Waals surface area contributed by atoms with Crippen LogP contribution in [-0.2, 0) is 4.74 Å². The van der Waals surface area contributed by atoms with Crippen molar-refractivity contribution >= 4 is 5.97 Å². The third-order valence-corrected chi connectivity index (χ3v) is 3.83. The van der Waals surface area contributed by atoms with Crippen LogP contribution in [0.25, 0.3) is 11.1 Å². The number of aromatic carboxylic acids is 1. The number of ether oxygens (including phenoxy) is 2. The third-order valence-electron chi connectivity index (χ3n) is 3.83. The number of hydrogen-bond acceptors (Lipinski definition) is 3. The van der Waals surface area contributed by atoms with Crippen molar-refractivity contribution in [1.82, 2.24) is 0 Å². The molecule has 2 aromatic rings. The van der Waals surface area contributed by atoms with Gasteiger partial charge in [-0.25, -0.2) is 4.79 Å². The van der Waals surface area contributed by atoms with E-state index in [1.165, 1.54) is 6.42 Å². The van der Waals surface area contributed by atoms with Crippen molar-refractivity contribution in [1.29, 1.82) is 0 Å². The fourth-order valence-electron chi connectivity index (χ4n) is 2.44. The van der Waals surface area contributed by atoms with Gasteiger partial charge >= 0.3 is 5.97 Å². The molecule has 0 aliphatic carbocycles. The molecule has 0 saturated heterocycles. The Kier molecular flexibility index (Phi) is 7.30. The van der Waals surface area contributed by atoms with Crippen LogP contribution in [0.1, 0.15) is 36.0 Å². The van der Waals surface area contributed by atoms with E-state index in [0.29, 0.717) is 5.56 Å². The summed E-state index contributed by atoms with van der Waals surface area (Å²) in [6, 6.07) is 14.8.